The minimum atomic E-state index is -0.559. The van der Waals surface area contributed by atoms with Crippen LogP contribution in [0.4, 0.5) is 5.69 Å². The van der Waals surface area contributed by atoms with Crippen molar-refractivity contribution in [2.24, 2.45) is 0 Å². The van der Waals surface area contributed by atoms with Crippen LogP contribution >= 0.6 is 0 Å². The average molecular weight is 422 g/mol. The van der Waals surface area contributed by atoms with Gasteiger partial charge in [0.15, 0.2) is 6.29 Å². The Morgan fingerprint density at radius 1 is 1.10 bits per heavy atom. The van der Waals surface area contributed by atoms with Gasteiger partial charge in [0.05, 0.1) is 11.0 Å². The van der Waals surface area contributed by atoms with Crippen LogP contribution in [0.5, 0.6) is 0 Å². The molecule has 1 aromatic rings. The Hall–Kier alpha value is -2.04. The number of hydrogen-bond acceptors (Lipinski definition) is 7. The molecule has 10 heteroatoms. The summed E-state index contributed by atoms with van der Waals surface area (Å²) >= 11 is 0. The molecule has 4 rings (SSSR count). The van der Waals surface area contributed by atoms with E-state index in [0.717, 1.165) is 70.8 Å². The molecule has 1 N–H and O–H groups in total. The summed E-state index contributed by atoms with van der Waals surface area (Å²) in [5.41, 5.74) is -0.434. The lowest BCUT2D eigenvalue weighted by Crippen LogP contribution is -2.40. The third-order valence-corrected chi connectivity index (χ3v) is 6.07. The molecule has 0 radical (unpaired) electrons. The number of aromatic nitrogens is 2. The fourth-order valence-electron chi connectivity index (χ4n) is 4.39. The van der Waals surface area contributed by atoms with Crippen LogP contribution in [0.3, 0.4) is 0 Å². The van der Waals surface area contributed by atoms with Crippen LogP contribution < -0.4 is 5.32 Å². The molecular formula is C20H30N4O6. The molecule has 3 heterocycles. The summed E-state index contributed by atoms with van der Waals surface area (Å²) < 4.78 is 18.7. The molecule has 1 aromatic heterocycles. The standard InChI is InChI=1S/C20H30N4O6/c25-20(19-16(24(26)27)13-23(22-19)17-5-1-3-11-28-17)21-14-7-9-15(10-8-14)30-18-6-2-4-12-29-18/h13-15,17-18H,1-12H2,(H,21,25)/t14?,15?,17-,18+/m1/s1. The van der Waals surface area contributed by atoms with Crippen LogP contribution in [0.15, 0.2) is 6.20 Å². The molecule has 30 heavy (non-hydrogen) atoms. The summed E-state index contributed by atoms with van der Waals surface area (Å²) in [6.07, 6.45) is 10.0. The van der Waals surface area contributed by atoms with Gasteiger partial charge in [-0.05, 0) is 64.2 Å². The van der Waals surface area contributed by atoms with Gasteiger partial charge in [-0.1, -0.05) is 0 Å². The average Bonchev–Trinajstić information content (AvgIpc) is 3.23. The molecule has 1 saturated carbocycles. The Morgan fingerprint density at radius 3 is 2.47 bits per heavy atom. The highest BCUT2D eigenvalue weighted by Gasteiger charge is 2.32. The Balaban J connectivity index is 1.32. The van der Waals surface area contributed by atoms with Gasteiger partial charge in [-0.15, -0.1) is 0 Å². The first-order valence-corrected chi connectivity index (χ1v) is 11.0. The minimum Gasteiger partial charge on any atom is -0.357 e. The van der Waals surface area contributed by atoms with Crippen LogP contribution in [0.2, 0.25) is 0 Å². The van der Waals surface area contributed by atoms with Gasteiger partial charge in [0, 0.05) is 19.3 Å². The van der Waals surface area contributed by atoms with Crippen molar-refractivity contribution in [1.82, 2.24) is 15.1 Å². The molecule has 2 saturated heterocycles. The molecule has 0 aromatic carbocycles. The van der Waals surface area contributed by atoms with Crippen molar-refractivity contribution in [3.63, 3.8) is 0 Å². The van der Waals surface area contributed by atoms with E-state index in [-0.39, 0.29) is 36.0 Å². The maximum Gasteiger partial charge on any atom is 0.320 e. The third kappa shape index (κ3) is 5.16. The number of amides is 1. The highest BCUT2D eigenvalue weighted by molar-refractivity contribution is 5.96. The van der Waals surface area contributed by atoms with Gasteiger partial charge in [-0.3, -0.25) is 14.9 Å². The predicted octanol–water partition coefficient (Wildman–Crippen LogP) is 3.07. The number of hydrogen-bond donors (Lipinski definition) is 1. The monoisotopic (exact) mass is 422 g/mol. The molecule has 166 valence electrons. The summed E-state index contributed by atoms with van der Waals surface area (Å²) in [6.45, 7) is 1.35. The van der Waals surface area contributed by atoms with Gasteiger partial charge in [0.25, 0.3) is 5.91 Å². The van der Waals surface area contributed by atoms with Crippen molar-refractivity contribution < 1.29 is 23.9 Å². The van der Waals surface area contributed by atoms with Gasteiger partial charge < -0.3 is 19.5 Å². The lowest BCUT2D eigenvalue weighted by molar-refractivity contribution is -0.385. The molecule has 2 atom stereocenters. The van der Waals surface area contributed by atoms with Gasteiger partial charge in [-0.2, -0.15) is 5.10 Å². The SMILES string of the molecule is O=C(NC1CCC(O[C@H]2CCCCO2)CC1)c1nn([C@H]2CCCCO2)cc1[N+](=O)[O-]. The highest BCUT2D eigenvalue weighted by atomic mass is 16.7. The Labute approximate surface area is 175 Å². The van der Waals surface area contributed by atoms with Gasteiger partial charge in [0.1, 0.15) is 12.4 Å². The lowest BCUT2D eigenvalue weighted by Gasteiger charge is -2.32. The maximum atomic E-state index is 12.7. The molecule has 0 unspecified atom stereocenters. The van der Waals surface area contributed by atoms with Gasteiger partial charge in [0.2, 0.25) is 5.69 Å². The molecular weight excluding hydrogens is 392 g/mol. The summed E-state index contributed by atoms with van der Waals surface area (Å²) in [5.74, 6) is -0.503. The Morgan fingerprint density at radius 2 is 1.83 bits per heavy atom. The molecule has 1 amide bonds. The summed E-state index contributed by atoms with van der Waals surface area (Å²) in [4.78, 5) is 23.6. The number of nitrogens with one attached hydrogen (secondary N) is 1. The van der Waals surface area contributed by atoms with Crippen LogP contribution in [0.25, 0.3) is 0 Å². The van der Waals surface area contributed by atoms with E-state index in [1.165, 1.54) is 10.9 Å². The smallest absolute Gasteiger partial charge is 0.320 e. The van der Waals surface area contributed by atoms with Crippen LogP contribution in [-0.2, 0) is 14.2 Å². The maximum absolute atomic E-state index is 12.7. The number of rotatable bonds is 6. The van der Waals surface area contributed by atoms with Gasteiger partial charge >= 0.3 is 5.69 Å². The van der Waals surface area contributed by atoms with E-state index >= 15 is 0 Å². The second kappa shape index (κ2) is 9.84. The summed E-state index contributed by atoms with van der Waals surface area (Å²) in [6, 6.07) is -0.0414. The van der Waals surface area contributed by atoms with Crippen molar-refractivity contribution in [3.8, 4) is 0 Å². The lowest BCUT2D eigenvalue weighted by atomic mass is 9.92. The Kier molecular flexibility index (Phi) is 6.96. The van der Waals surface area contributed by atoms with Crippen molar-refractivity contribution in [1.29, 1.82) is 0 Å². The molecule has 2 aliphatic heterocycles. The third-order valence-electron chi connectivity index (χ3n) is 6.07. The second-order valence-electron chi connectivity index (χ2n) is 8.30. The van der Waals surface area contributed by atoms with E-state index < -0.39 is 10.8 Å². The zero-order valence-corrected chi connectivity index (χ0v) is 17.2. The first-order chi connectivity index (χ1) is 14.6. The molecule has 3 aliphatic rings. The minimum absolute atomic E-state index is 0.0414. The zero-order valence-electron chi connectivity index (χ0n) is 17.2. The van der Waals surface area contributed by atoms with Crippen LogP contribution in [0, 0.1) is 10.1 Å². The van der Waals surface area contributed by atoms with Crippen LogP contribution in [0.1, 0.15) is 80.9 Å². The normalized spacial score (nSPS) is 30.0. The molecule has 10 nitrogen and oxygen atoms in total. The Bertz CT molecular complexity index is 734. The quantitative estimate of drug-likeness (QED) is 0.553. The van der Waals surface area contributed by atoms with Crippen molar-refractivity contribution in [2.75, 3.05) is 13.2 Å². The van der Waals surface area contributed by atoms with E-state index in [4.69, 9.17) is 14.2 Å². The fraction of sp³-hybridized carbons (Fsp3) is 0.800. The van der Waals surface area contributed by atoms with E-state index in [9.17, 15) is 14.9 Å². The summed E-state index contributed by atoms with van der Waals surface area (Å²) in [7, 11) is 0. The second-order valence-corrected chi connectivity index (χ2v) is 8.30. The number of ether oxygens (including phenoxy) is 3. The zero-order chi connectivity index (χ0) is 20.9. The first-order valence-electron chi connectivity index (χ1n) is 11.0. The van der Waals surface area contributed by atoms with E-state index in [1.807, 2.05) is 0 Å². The van der Waals surface area contributed by atoms with Crippen LogP contribution in [-0.4, -0.2) is 52.3 Å². The van der Waals surface area contributed by atoms with E-state index in [0.29, 0.717) is 6.61 Å². The van der Waals surface area contributed by atoms with Gasteiger partial charge in [-0.25, -0.2) is 4.68 Å². The molecule has 0 spiro atoms. The topological polar surface area (TPSA) is 118 Å². The first kappa shape index (κ1) is 21.2. The molecule has 0 bridgehead atoms. The predicted molar refractivity (Wildman–Crippen MR) is 106 cm³/mol. The molecule has 1 aliphatic carbocycles. The van der Waals surface area contributed by atoms with E-state index in [1.54, 1.807) is 0 Å². The van der Waals surface area contributed by atoms with E-state index in [2.05, 4.69) is 10.4 Å². The van der Waals surface area contributed by atoms with Crippen molar-refractivity contribution >= 4 is 11.6 Å². The summed E-state index contributed by atoms with van der Waals surface area (Å²) in [5, 5.41) is 18.6. The fourth-order valence-corrected chi connectivity index (χ4v) is 4.39. The largest absolute Gasteiger partial charge is 0.357 e. The van der Waals surface area contributed by atoms with Crippen molar-refractivity contribution in [2.45, 2.75) is 88.9 Å². The number of carbonyl (C=O) groups is 1. The highest BCUT2D eigenvalue weighted by Crippen LogP contribution is 2.28. The number of nitrogens with zero attached hydrogens (tertiary/aromatic N) is 3. The number of carbonyl (C=O) groups excluding carboxylic acids is 1. The number of nitro groups is 1. The van der Waals surface area contributed by atoms with Crippen molar-refractivity contribution in [3.05, 3.63) is 22.0 Å². The molecule has 3 fully saturated rings.